The average molecular weight is 172 g/mol. The third-order valence-corrected chi connectivity index (χ3v) is 2.68. The maximum atomic E-state index is 8.72. The van der Waals surface area contributed by atoms with Crippen LogP contribution in [0.25, 0.3) is 0 Å². The smallest absolute Gasteiger partial charge is 0.0558 e. The van der Waals surface area contributed by atoms with E-state index in [1.165, 1.54) is 19.4 Å². The first-order valence-corrected chi connectivity index (χ1v) is 4.73. The summed E-state index contributed by atoms with van der Waals surface area (Å²) < 4.78 is 0. The first-order valence-electron chi connectivity index (χ1n) is 4.73. The van der Waals surface area contributed by atoms with Crippen molar-refractivity contribution in [2.75, 3.05) is 40.3 Å². The zero-order valence-electron chi connectivity index (χ0n) is 8.16. The van der Waals surface area contributed by atoms with Gasteiger partial charge in [-0.25, -0.2) is 0 Å². The van der Waals surface area contributed by atoms with Crippen LogP contribution in [-0.4, -0.2) is 61.3 Å². The van der Waals surface area contributed by atoms with Gasteiger partial charge in [0, 0.05) is 19.1 Å². The second-order valence-corrected chi connectivity index (χ2v) is 3.76. The van der Waals surface area contributed by atoms with Crippen molar-refractivity contribution in [2.24, 2.45) is 0 Å². The summed E-state index contributed by atoms with van der Waals surface area (Å²) in [5, 5.41) is 8.72. The van der Waals surface area contributed by atoms with Crippen molar-refractivity contribution in [3.05, 3.63) is 0 Å². The van der Waals surface area contributed by atoms with Crippen molar-refractivity contribution in [3.8, 4) is 0 Å². The molecule has 1 fully saturated rings. The van der Waals surface area contributed by atoms with Gasteiger partial charge in [0.05, 0.1) is 6.61 Å². The third-order valence-electron chi connectivity index (χ3n) is 2.68. The highest BCUT2D eigenvalue weighted by molar-refractivity contribution is 4.78. The van der Waals surface area contributed by atoms with Gasteiger partial charge in [-0.05, 0) is 33.5 Å². The summed E-state index contributed by atoms with van der Waals surface area (Å²) in [4.78, 5) is 4.61. The predicted octanol–water partition coefficient (Wildman–Crippen LogP) is 0.00470. The van der Waals surface area contributed by atoms with Crippen molar-refractivity contribution in [1.29, 1.82) is 0 Å². The van der Waals surface area contributed by atoms with Gasteiger partial charge in [0.15, 0.2) is 0 Å². The van der Waals surface area contributed by atoms with Gasteiger partial charge in [0.25, 0.3) is 0 Å². The Morgan fingerprint density at radius 3 is 2.83 bits per heavy atom. The molecule has 0 aromatic rings. The number of aliphatic hydroxyl groups is 1. The van der Waals surface area contributed by atoms with E-state index in [2.05, 4.69) is 23.9 Å². The monoisotopic (exact) mass is 172 g/mol. The molecule has 12 heavy (non-hydrogen) atoms. The molecule has 0 bridgehead atoms. The lowest BCUT2D eigenvalue weighted by Gasteiger charge is -2.25. The molecule has 0 amide bonds. The van der Waals surface area contributed by atoms with E-state index in [0.29, 0.717) is 6.04 Å². The highest BCUT2D eigenvalue weighted by Gasteiger charge is 2.21. The minimum atomic E-state index is 0.271. The Bertz CT molecular complexity index is 130. The summed E-state index contributed by atoms with van der Waals surface area (Å²) in [5.74, 6) is 0. The van der Waals surface area contributed by atoms with Crippen LogP contribution in [0.15, 0.2) is 0 Å². The highest BCUT2D eigenvalue weighted by atomic mass is 16.3. The van der Waals surface area contributed by atoms with E-state index in [-0.39, 0.29) is 6.61 Å². The second kappa shape index (κ2) is 4.80. The lowest BCUT2D eigenvalue weighted by atomic mass is 10.2. The molecule has 0 spiro atoms. The van der Waals surface area contributed by atoms with Crippen LogP contribution in [0.4, 0.5) is 0 Å². The Morgan fingerprint density at radius 1 is 1.58 bits per heavy atom. The Kier molecular flexibility index (Phi) is 3.98. The largest absolute Gasteiger partial charge is 0.395 e. The van der Waals surface area contributed by atoms with Crippen LogP contribution in [-0.2, 0) is 0 Å². The molecular weight excluding hydrogens is 152 g/mol. The molecule has 1 heterocycles. The van der Waals surface area contributed by atoms with Gasteiger partial charge in [0.1, 0.15) is 0 Å². The van der Waals surface area contributed by atoms with Gasteiger partial charge in [-0.3, -0.25) is 0 Å². The Balaban J connectivity index is 2.20. The fraction of sp³-hybridized carbons (Fsp3) is 1.00. The van der Waals surface area contributed by atoms with Crippen molar-refractivity contribution in [1.82, 2.24) is 9.80 Å². The number of rotatable bonds is 4. The molecule has 1 saturated heterocycles. The fourth-order valence-electron chi connectivity index (χ4n) is 1.83. The van der Waals surface area contributed by atoms with Crippen LogP contribution in [0.2, 0.25) is 0 Å². The van der Waals surface area contributed by atoms with Crippen molar-refractivity contribution >= 4 is 0 Å². The summed E-state index contributed by atoms with van der Waals surface area (Å²) in [6, 6.07) is 0.710. The number of nitrogens with zero attached hydrogens (tertiary/aromatic N) is 2. The number of hydrogen-bond acceptors (Lipinski definition) is 3. The molecule has 0 aromatic heterocycles. The summed E-state index contributed by atoms with van der Waals surface area (Å²) in [6.07, 6.45) is 2.64. The predicted molar refractivity (Wildman–Crippen MR) is 50.2 cm³/mol. The standard InChI is InChI=1S/C9H20N2O/c1-10(6-7-12)8-9-4-3-5-11(9)2/h9,12H,3-8H2,1-2H3/t9-/m0/s1. The lowest BCUT2D eigenvalue weighted by molar-refractivity contribution is 0.181. The molecule has 1 aliphatic heterocycles. The van der Waals surface area contributed by atoms with E-state index < -0.39 is 0 Å². The van der Waals surface area contributed by atoms with Crippen LogP contribution in [0, 0.1) is 0 Å². The molecule has 0 aliphatic carbocycles. The minimum Gasteiger partial charge on any atom is -0.395 e. The van der Waals surface area contributed by atoms with Crippen molar-refractivity contribution in [2.45, 2.75) is 18.9 Å². The molecule has 0 aromatic carbocycles. The zero-order chi connectivity index (χ0) is 8.97. The van der Waals surface area contributed by atoms with Crippen LogP contribution in [0.3, 0.4) is 0 Å². The van der Waals surface area contributed by atoms with Gasteiger partial charge in [0.2, 0.25) is 0 Å². The molecule has 72 valence electrons. The van der Waals surface area contributed by atoms with Crippen molar-refractivity contribution in [3.63, 3.8) is 0 Å². The molecule has 3 nitrogen and oxygen atoms in total. The second-order valence-electron chi connectivity index (χ2n) is 3.76. The normalized spacial score (nSPS) is 25.5. The van der Waals surface area contributed by atoms with E-state index in [1.807, 2.05) is 0 Å². The third kappa shape index (κ3) is 2.73. The van der Waals surface area contributed by atoms with Crippen LogP contribution in [0.1, 0.15) is 12.8 Å². The van der Waals surface area contributed by atoms with Crippen molar-refractivity contribution < 1.29 is 5.11 Å². The lowest BCUT2D eigenvalue weighted by Crippen LogP contribution is -2.37. The molecule has 0 unspecified atom stereocenters. The van der Waals surface area contributed by atoms with Gasteiger partial charge in [-0.1, -0.05) is 0 Å². The Morgan fingerprint density at radius 2 is 2.33 bits per heavy atom. The van der Waals surface area contributed by atoms with E-state index in [1.54, 1.807) is 0 Å². The van der Waals surface area contributed by atoms with E-state index in [0.717, 1.165) is 13.1 Å². The molecule has 1 N–H and O–H groups in total. The molecule has 1 aliphatic rings. The quantitative estimate of drug-likeness (QED) is 0.647. The molecule has 1 rings (SSSR count). The molecular formula is C9H20N2O. The SMILES string of the molecule is CN(CCO)C[C@@H]1CCCN1C. The number of likely N-dealkylation sites (N-methyl/N-ethyl adjacent to an activating group) is 2. The zero-order valence-corrected chi connectivity index (χ0v) is 8.16. The highest BCUT2D eigenvalue weighted by Crippen LogP contribution is 2.14. The van der Waals surface area contributed by atoms with Gasteiger partial charge in [-0.15, -0.1) is 0 Å². The maximum Gasteiger partial charge on any atom is 0.0558 e. The number of aliphatic hydroxyl groups excluding tert-OH is 1. The first kappa shape index (κ1) is 9.96. The number of hydrogen-bond donors (Lipinski definition) is 1. The number of likely N-dealkylation sites (tertiary alicyclic amines) is 1. The summed E-state index contributed by atoms with van der Waals surface area (Å²) in [5.41, 5.74) is 0. The summed E-state index contributed by atoms with van der Waals surface area (Å²) >= 11 is 0. The molecule has 3 heteroatoms. The molecule has 0 saturated carbocycles. The first-order chi connectivity index (χ1) is 5.74. The van der Waals surface area contributed by atoms with Crippen LogP contribution < -0.4 is 0 Å². The average Bonchev–Trinajstić information content (AvgIpc) is 2.37. The maximum absolute atomic E-state index is 8.72. The Labute approximate surface area is 75.0 Å². The van der Waals surface area contributed by atoms with E-state index >= 15 is 0 Å². The summed E-state index contributed by atoms with van der Waals surface area (Å²) in [6.45, 7) is 3.39. The molecule has 1 atom stereocenters. The Hall–Kier alpha value is -0.120. The molecule has 0 radical (unpaired) electrons. The fourth-order valence-corrected chi connectivity index (χ4v) is 1.83. The minimum absolute atomic E-state index is 0.271. The summed E-state index contributed by atoms with van der Waals surface area (Å²) in [7, 11) is 4.26. The van der Waals surface area contributed by atoms with Crippen LogP contribution in [0.5, 0.6) is 0 Å². The van der Waals surface area contributed by atoms with Gasteiger partial charge in [-0.2, -0.15) is 0 Å². The van der Waals surface area contributed by atoms with E-state index in [9.17, 15) is 0 Å². The van der Waals surface area contributed by atoms with E-state index in [4.69, 9.17) is 5.11 Å². The topological polar surface area (TPSA) is 26.7 Å². The van der Waals surface area contributed by atoms with Crippen LogP contribution >= 0.6 is 0 Å². The van der Waals surface area contributed by atoms with Gasteiger partial charge < -0.3 is 14.9 Å². The van der Waals surface area contributed by atoms with Gasteiger partial charge >= 0.3 is 0 Å².